The molecule has 8 nitrogen and oxygen atoms in total. The van der Waals surface area contributed by atoms with Crippen LogP contribution in [0.2, 0.25) is 0 Å². The van der Waals surface area contributed by atoms with Crippen LogP contribution in [0.25, 0.3) is 0 Å². The van der Waals surface area contributed by atoms with Crippen molar-refractivity contribution in [3.8, 4) is 11.5 Å². The molecule has 0 aromatic heterocycles. The molecular weight excluding hydrogens is 376 g/mol. The summed E-state index contributed by atoms with van der Waals surface area (Å²) >= 11 is 0. The molecule has 0 heterocycles. The van der Waals surface area contributed by atoms with Gasteiger partial charge in [0.1, 0.15) is 11.5 Å². The molecule has 0 saturated carbocycles. The van der Waals surface area contributed by atoms with Gasteiger partial charge >= 0.3 is 5.97 Å². The molecule has 8 heteroatoms. The van der Waals surface area contributed by atoms with Gasteiger partial charge in [0, 0.05) is 18.2 Å². The van der Waals surface area contributed by atoms with Gasteiger partial charge < -0.3 is 24.8 Å². The summed E-state index contributed by atoms with van der Waals surface area (Å²) in [4.78, 5) is 35.7. The Labute approximate surface area is 169 Å². The Balaban J connectivity index is 1.75. The zero-order chi connectivity index (χ0) is 21.2. The summed E-state index contributed by atoms with van der Waals surface area (Å²) < 4.78 is 15.2. The third-order valence-electron chi connectivity index (χ3n) is 3.94. The van der Waals surface area contributed by atoms with Gasteiger partial charge in [-0.2, -0.15) is 0 Å². The van der Waals surface area contributed by atoms with Gasteiger partial charge in [0.25, 0.3) is 5.91 Å². The fraction of sp³-hybridized carbons (Fsp3) is 0.286. The van der Waals surface area contributed by atoms with E-state index in [0.29, 0.717) is 22.9 Å². The van der Waals surface area contributed by atoms with Crippen molar-refractivity contribution >= 4 is 29.2 Å². The topological polar surface area (TPSA) is 103 Å². The van der Waals surface area contributed by atoms with Gasteiger partial charge in [0.15, 0.2) is 6.61 Å². The van der Waals surface area contributed by atoms with E-state index >= 15 is 0 Å². The maximum absolute atomic E-state index is 12.0. The highest BCUT2D eigenvalue weighted by Crippen LogP contribution is 2.28. The molecule has 0 aliphatic rings. The highest BCUT2D eigenvalue weighted by Gasteiger charge is 2.13. The average molecular weight is 400 g/mol. The molecule has 2 rings (SSSR count). The van der Waals surface area contributed by atoms with E-state index in [1.807, 2.05) is 19.1 Å². The van der Waals surface area contributed by atoms with E-state index in [2.05, 4.69) is 10.6 Å². The van der Waals surface area contributed by atoms with Crippen molar-refractivity contribution < 1.29 is 28.6 Å². The van der Waals surface area contributed by atoms with Crippen LogP contribution in [0.5, 0.6) is 11.5 Å². The van der Waals surface area contributed by atoms with Crippen LogP contribution in [0, 0.1) is 6.92 Å². The maximum atomic E-state index is 12.0. The Bertz CT molecular complexity index is 864. The lowest BCUT2D eigenvalue weighted by atomic mass is 10.2. The van der Waals surface area contributed by atoms with Gasteiger partial charge in [-0.3, -0.25) is 14.4 Å². The number of benzene rings is 2. The van der Waals surface area contributed by atoms with Crippen molar-refractivity contribution in [2.24, 2.45) is 0 Å². The van der Waals surface area contributed by atoms with Crippen LogP contribution in [0.3, 0.4) is 0 Å². The van der Waals surface area contributed by atoms with Crippen molar-refractivity contribution in [3.05, 3.63) is 48.0 Å². The third-order valence-corrected chi connectivity index (χ3v) is 3.94. The molecule has 2 N–H and O–H groups in total. The second-order valence-corrected chi connectivity index (χ2v) is 6.19. The molecule has 0 aliphatic heterocycles. The summed E-state index contributed by atoms with van der Waals surface area (Å²) in [6.45, 7) is 1.47. The minimum absolute atomic E-state index is 0.0436. The molecule has 0 saturated heterocycles. The number of methoxy groups -OCH3 is 2. The Morgan fingerprint density at radius 1 is 0.862 bits per heavy atom. The van der Waals surface area contributed by atoms with Gasteiger partial charge in [-0.25, -0.2) is 0 Å². The molecule has 0 aliphatic carbocycles. The zero-order valence-electron chi connectivity index (χ0n) is 16.6. The number of hydrogen-bond donors (Lipinski definition) is 2. The van der Waals surface area contributed by atoms with Crippen molar-refractivity contribution in [1.29, 1.82) is 0 Å². The highest BCUT2D eigenvalue weighted by molar-refractivity contribution is 5.95. The van der Waals surface area contributed by atoms with Crippen LogP contribution in [-0.2, 0) is 19.1 Å². The number of aryl methyl sites for hydroxylation is 1. The standard InChI is InChI=1S/C21H24N2O6/c1-14-4-6-15(7-5-14)22-19(24)10-11-21(26)29-13-20(25)23-17-12-16(27-2)8-9-18(17)28-3/h4-9,12H,10-11,13H2,1-3H3,(H,22,24)(H,23,25). The maximum Gasteiger partial charge on any atom is 0.306 e. The van der Waals surface area contributed by atoms with Gasteiger partial charge in [0.2, 0.25) is 5.91 Å². The minimum Gasteiger partial charge on any atom is -0.497 e. The molecule has 0 fully saturated rings. The molecule has 2 aromatic rings. The molecule has 0 spiro atoms. The van der Waals surface area contributed by atoms with Crippen molar-refractivity contribution in [2.75, 3.05) is 31.5 Å². The van der Waals surface area contributed by atoms with Gasteiger partial charge in [0.05, 0.1) is 26.3 Å². The number of amides is 2. The van der Waals surface area contributed by atoms with Crippen LogP contribution < -0.4 is 20.1 Å². The first-order valence-electron chi connectivity index (χ1n) is 8.95. The van der Waals surface area contributed by atoms with Crippen LogP contribution >= 0.6 is 0 Å². The van der Waals surface area contributed by atoms with E-state index in [1.165, 1.54) is 14.2 Å². The monoisotopic (exact) mass is 400 g/mol. The van der Waals surface area contributed by atoms with Crippen LogP contribution in [0.4, 0.5) is 11.4 Å². The number of carbonyl (C=O) groups excluding carboxylic acids is 3. The average Bonchev–Trinajstić information content (AvgIpc) is 2.72. The largest absolute Gasteiger partial charge is 0.497 e. The number of carbonyl (C=O) groups is 3. The van der Waals surface area contributed by atoms with E-state index in [9.17, 15) is 14.4 Å². The fourth-order valence-electron chi connectivity index (χ4n) is 2.39. The Kier molecular flexibility index (Phi) is 8.02. The summed E-state index contributed by atoms with van der Waals surface area (Å²) in [5.74, 6) is -0.502. The van der Waals surface area contributed by atoms with Gasteiger partial charge in [-0.05, 0) is 31.2 Å². The lowest BCUT2D eigenvalue weighted by Crippen LogP contribution is -2.22. The number of esters is 1. The predicted molar refractivity (Wildman–Crippen MR) is 108 cm³/mol. The van der Waals surface area contributed by atoms with Crippen LogP contribution in [-0.4, -0.2) is 38.6 Å². The molecular formula is C21H24N2O6. The quantitative estimate of drug-likeness (QED) is 0.628. The Morgan fingerprint density at radius 3 is 2.24 bits per heavy atom. The van der Waals surface area contributed by atoms with E-state index in [4.69, 9.17) is 14.2 Å². The van der Waals surface area contributed by atoms with Crippen LogP contribution in [0.1, 0.15) is 18.4 Å². The summed E-state index contributed by atoms with van der Waals surface area (Å²) in [7, 11) is 2.98. The molecule has 2 amide bonds. The van der Waals surface area contributed by atoms with Gasteiger partial charge in [-0.15, -0.1) is 0 Å². The second-order valence-electron chi connectivity index (χ2n) is 6.19. The summed E-state index contributed by atoms with van der Waals surface area (Å²) in [5.41, 5.74) is 2.13. The van der Waals surface area contributed by atoms with Crippen LogP contribution in [0.15, 0.2) is 42.5 Å². The number of anilines is 2. The van der Waals surface area contributed by atoms with E-state index in [0.717, 1.165) is 5.56 Å². The predicted octanol–water partition coefficient (Wildman–Crippen LogP) is 2.91. The van der Waals surface area contributed by atoms with E-state index < -0.39 is 18.5 Å². The van der Waals surface area contributed by atoms with E-state index in [-0.39, 0.29) is 18.7 Å². The molecule has 0 unspecified atom stereocenters. The number of nitrogens with one attached hydrogen (secondary N) is 2. The second kappa shape index (κ2) is 10.7. The first-order valence-corrected chi connectivity index (χ1v) is 8.95. The fourth-order valence-corrected chi connectivity index (χ4v) is 2.39. The minimum atomic E-state index is -0.642. The number of rotatable bonds is 9. The molecule has 2 aromatic carbocycles. The normalized spacial score (nSPS) is 10.0. The summed E-state index contributed by atoms with van der Waals surface area (Å²) in [6, 6.07) is 12.2. The van der Waals surface area contributed by atoms with Gasteiger partial charge in [-0.1, -0.05) is 17.7 Å². The first-order chi connectivity index (χ1) is 13.9. The SMILES string of the molecule is COc1ccc(OC)c(NC(=O)COC(=O)CCC(=O)Nc2ccc(C)cc2)c1. The smallest absolute Gasteiger partial charge is 0.306 e. The number of ether oxygens (including phenoxy) is 3. The Hall–Kier alpha value is -3.55. The highest BCUT2D eigenvalue weighted by atomic mass is 16.5. The molecule has 0 atom stereocenters. The third kappa shape index (κ3) is 7.17. The molecule has 0 radical (unpaired) electrons. The zero-order valence-corrected chi connectivity index (χ0v) is 16.6. The van der Waals surface area contributed by atoms with Crippen molar-refractivity contribution in [1.82, 2.24) is 0 Å². The van der Waals surface area contributed by atoms with E-state index in [1.54, 1.807) is 30.3 Å². The molecule has 154 valence electrons. The molecule has 0 bridgehead atoms. The van der Waals surface area contributed by atoms with Crippen molar-refractivity contribution in [2.45, 2.75) is 19.8 Å². The first kappa shape index (κ1) is 21.7. The lowest BCUT2D eigenvalue weighted by Gasteiger charge is -2.12. The lowest BCUT2D eigenvalue weighted by molar-refractivity contribution is -0.147. The Morgan fingerprint density at radius 2 is 1.59 bits per heavy atom. The van der Waals surface area contributed by atoms with Crippen molar-refractivity contribution in [3.63, 3.8) is 0 Å². The molecule has 29 heavy (non-hydrogen) atoms. The number of hydrogen-bond acceptors (Lipinski definition) is 6. The summed E-state index contributed by atoms with van der Waals surface area (Å²) in [5, 5.41) is 5.29. The summed E-state index contributed by atoms with van der Waals surface area (Å²) in [6.07, 6.45) is -0.175.